The standard InChI is InChI=1S/C24H24N6O3/c25-29-28-20-6-4-5-18(13-20)14-22(31)26-15-17-7-9-19(10-8-17)23-27-21(16-33-23)24(32)30-11-2-1-3-12-30/h4-10,13,16H,1-3,11-12,14-15H2,(H,26,31). The summed E-state index contributed by atoms with van der Waals surface area (Å²) in [5, 5.41) is 6.43. The first-order valence-electron chi connectivity index (χ1n) is 10.9. The molecule has 1 aliphatic rings. The molecule has 2 aromatic carbocycles. The maximum Gasteiger partial charge on any atom is 0.275 e. The van der Waals surface area contributed by atoms with E-state index < -0.39 is 0 Å². The van der Waals surface area contributed by atoms with Crippen molar-refractivity contribution in [3.05, 3.63) is 82.1 Å². The molecule has 168 valence electrons. The van der Waals surface area contributed by atoms with Crippen LogP contribution >= 0.6 is 0 Å². The zero-order chi connectivity index (χ0) is 23.0. The molecule has 2 heterocycles. The van der Waals surface area contributed by atoms with Gasteiger partial charge in [0.05, 0.1) is 6.42 Å². The number of nitrogens with one attached hydrogen (secondary N) is 1. The lowest BCUT2D eigenvalue weighted by molar-refractivity contribution is -0.120. The Morgan fingerprint density at radius 2 is 1.88 bits per heavy atom. The van der Waals surface area contributed by atoms with Crippen molar-refractivity contribution in [2.75, 3.05) is 13.1 Å². The number of likely N-dealkylation sites (tertiary alicyclic amines) is 1. The third-order valence-electron chi connectivity index (χ3n) is 5.49. The molecule has 1 aliphatic heterocycles. The molecule has 1 fully saturated rings. The smallest absolute Gasteiger partial charge is 0.275 e. The van der Waals surface area contributed by atoms with Crippen LogP contribution in [-0.4, -0.2) is 34.8 Å². The predicted molar refractivity (Wildman–Crippen MR) is 122 cm³/mol. The molecule has 9 heteroatoms. The van der Waals surface area contributed by atoms with E-state index in [0.29, 0.717) is 23.8 Å². The first-order valence-corrected chi connectivity index (χ1v) is 10.9. The summed E-state index contributed by atoms with van der Waals surface area (Å²) < 4.78 is 5.54. The van der Waals surface area contributed by atoms with E-state index in [2.05, 4.69) is 20.3 Å². The highest BCUT2D eigenvalue weighted by atomic mass is 16.3. The van der Waals surface area contributed by atoms with Crippen molar-refractivity contribution in [1.29, 1.82) is 0 Å². The van der Waals surface area contributed by atoms with Crippen molar-refractivity contribution >= 4 is 17.5 Å². The van der Waals surface area contributed by atoms with E-state index in [0.717, 1.165) is 49.0 Å². The SMILES string of the molecule is [N-]=[N+]=Nc1cccc(CC(=O)NCc2ccc(-c3nc(C(=O)N4CCCCC4)co3)cc2)c1. The molecule has 0 aliphatic carbocycles. The number of hydrogen-bond donors (Lipinski definition) is 1. The number of carbonyl (C=O) groups is 2. The highest BCUT2D eigenvalue weighted by Crippen LogP contribution is 2.21. The van der Waals surface area contributed by atoms with E-state index in [1.54, 1.807) is 18.2 Å². The minimum absolute atomic E-state index is 0.0889. The summed E-state index contributed by atoms with van der Waals surface area (Å²) in [6.07, 6.45) is 4.81. The zero-order valence-electron chi connectivity index (χ0n) is 18.1. The first kappa shape index (κ1) is 22.1. The minimum Gasteiger partial charge on any atom is -0.444 e. The largest absolute Gasteiger partial charge is 0.444 e. The van der Waals surface area contributed by atoms with Gasteiger partial charge in [0.15, 0.2) is 5.69 Å². The van der Waals surface area contributed by atoms with Gasteiger partial charge in [-0.2, -0.15) is 0 Å². The Labute approximate surface area is 191 Å². The zero-order valence-corrected chi connectivity index (χ0v) is 18.1. The van der Waals surface area contributed by atoms with Gasteiger partial charge in [0.1, 0.15) is 6.26 Å². The highest BCUT2D eigenvalue weighted by molar-refractivity contribution is 5.92. The van der Waals surface area contributed by atoms with Gasteiger partial charge in [0.25, 0.3) is 5.91 Å². The Kier molecular flexibility index (Phi) is 7.02. The molecule has 0 spiro atoms. The molecule has 33 heavy (non-hydrogen) atoms. The maximum absolute atomic E-state index is 12.6. The molecule has 0 radical (unpaired) electrons. The molecule has 2 amide bonds. The van der Waals surface area contributed by atoms with Gasteiger partial charge in [-0.05, 0) is 54.1 Å². The van der Waals surface area contributed by atoms with Gasteiger partial charge < -0.3 is 14.6 Å². The van der Waals surface area contributed by atoms with E-state index in [1.165, 1.54) is 6.26 Å². The fourth-order valence-electron chi connectivity index (χ4n) is 3.76. The van der Waals surface area contributed by atoms with Gasteiger partial charge in [-0.1, -0.05) is 35.4 Å². The van der Waals surface area contributed by atoms with Gasteiger partial charge in [0, 0.05) is 35.8 Å². The van der Waals surface area contributed by atoms with Crippen molar-refractivity contribution in [2.45, 2.75) is 32.2 Å². The number of aromatic nitrogens is 1. The number of rotatable bonds is 7. The number of azide groups is 1. The molecular formula is C24H24N6O3. The minimum atomic E-state index is -0.134. The second-order valence-electron chi connectivity index (χ2n) is 7.90. The summed E-state index contributed by atoms with van der Waals surface area (Å²) in [5.41, 5.74) is 11.8. The van der Waals surface area contributed by atoms with Gasteiger partial charge in [-0.25, -0.2) is 4.98 Å². The van der Waals surface area contributed by atoms with Crippen LogP contribution in [0.1, 0.15) is 40.9 Å². The number of piperidine rings is 1. The summed E-state index contributed by atoms with van der Waals surface area (Å²) in [6, 6.07) is 14.4. The topological polar surface area (TPSA) is 124 Å². The number of oxazole rings is 1. The number of amides is 2. The molecule has 0 bridgehead atoms. The summed E-state index contributed by atoms with van der Waals surface area (Å²) >= 11 is 0. The molecule has 0 atom stereocenters. The normalized spacial score (nSPS) is 13.3. The van der Waals surface area contributed by atoms with E-state index >= 15 is 0 Å². The molecule has 3 aromatic rings. The van der Waals surface area contributed by atoms with E-state index in [1.807, 2.05) is 35.2 Å². The lowest BCUT2D eigenvalue weighted by atomic mass is 10.1. The molecule has 1 saturated heterocycles. The maximum atomic E-state index is 12.6. The summed E-state index contributed by atoms with van der Waals surface area (Å²) in [6.45, 7) is 1.90. The lowest BCUT2D eigenvalue weighted by Gasteiger charge is -2.25. The number of benzene rings is 2. The van der Waals surface area contributed by atoms with Crippen LogP contribution in [-0.2, 0) is 17.8 Å². The van der Waals surface area contributed by atoms with Crippen LogP contribution in [0.25, 0.3) is 21.9 Å². The van der Waals surface area contributed by atoms with E-state index in [9.17, 15) is 9.59 Å². The molecule has 0 saturated carbocycles. The Bertz CT molecular complexity index is 1170. The van der Waals surface area contributed by atoms with Gasteiger partial charge in [-0.15, -0.1) is 0 Å². The fraction of sp³-hybridized carbons (Fsp3) is 0.292. The van der Waals surface area contributed by atoms with Crippen molar-refractivity contribution in [2.24, 2.45) is 5.11 Å². The molecule has 9 nitrogen and oxygen atoms in total. The highest BCUT2D eigenvalue weighted by Gasteiger charge is 2.21. The average molecular weight is 444 g/mol. The average Bonchev–Trinajstić information content (AvgIpc) is 3.34. The van der Waals surface area contributed by atoms with Crippen LogP contribution in [0.2, 0.25) is 0 Å². The van der Waals surface area contributed by atoms with Gasteiger partial charge in [-0.3, -0.25) is 9.59 Å². The van der Waals surface area contributed by atoms with Crippen molar-refractivity contribution in [3.63, 3.8) is 0 Å². The third kappa shape index (κ3) is 5.78. The summed E-state index contributed by atoms with van der Waals surface area (Å²) in [5.74, 6) is 0.172. The molecular weight excluding hydrogens is 420 g/mol. The van der Waals surface area contributed by atoms with Crippen LogP contribution in [0, 0.1) is 0 Å². The Morgan fingerprint density at radius 1 is 1.09 bits per heavy atom. The van der Waals surface area contributed by atoms with Crippen LogP contribution in [0.5, 0.6) is 0 Å². The van der Waals surface area contributed by atoms with Crippen LogP contribution in [0.4, 0.5) is 5.69 Å². The van der Waals surface area contributed by atoms with Crippen LogP contribution in [0.3, 0.4) is 0 Å². The van der Waals surface area contributed by atoms with Crippen molar-refractivity contribution < 1.29 is 14.0 Å². The molecule has 4 rings (SSSR count). The third-order valence-corrected chi connectivity index (χ3v) is 5.49. The molecule has 1 aromatic heterocycles. The Hall–Kier alpha value is -4.10. The number of nitrogens with zero attached hydrogens (tertiary/aromatic N) is 5. The van der Waals surface area contributed by atoms with Crippen molar-refractivity contribution in [3.8, 4) is 11.5 Å². The van der Waals surface area contributed by atoms with Crippen LogP contribution in [0.15, 0.2) is 64.3 Å². The second kappa shape index (κ2) is 10.5. The van der Waals surface area contributed by atoms with Gasteiger partial charge in [0.2, 0.25) is 11.8 Å². The first-order chi connectivity index (χ1) is 16.1. The fourth-order valence-corrected chi connectivity index (χ4v) is 3.76. The monoisotopic (exact) mass is 444 g/mol. The lowest BCUT2D eigenvalue weighted by Crippen LogP contribution is -2.35. The molecule has 0 unspecified atom stereocenters. The van der Waals surface area contributed by atoms with Crippen molar-refractivity contribution in [1.82, 2.24) is 15.2 Å². The summed E-state index contributed by atoms with van der Waals surface area (Å²) in [7, 11) is 0. The Morgan fingerprint density at radius 3 is 2.64 bits per heavy atom. The molecule has 1 N–H and O–H groups in total. The predicted octanol–water partition coefficient (Wildman–Crippen LogP) is 4.77. The van der Waals surface area contributed by atoms with E-state index in [4.69, 9.17) is 9.95 Å². The Balaban J connectivity index is 1.32. The van der Waals surface area contributed by atoms with Crippen LogP contribution < -0.4 is 5.32 Å². The van der Waals surface area contributed by atoms with E-state index in [-0.39, 0.29) is 18.2 Å². The second-order valence-corrected chi connectivity index (χ2v) is 7.90. The quantitative estimate of drug-likeness (QED) is 0.320. The number of carbonyl (C=O) groups excluding carboxylic acids is 2. The summed E-state index contributed by atoms with van der Waals surface area (Å²) in [4.78, 5) is 33.8. The number of hydrogen-bond acceptors (Lipinski definition) is 5. The van der Waals surface area contributed by atoms with Gasteiger partial charge >= 0.3 is 0 Å².